The SMILES string of the molecule is Cc1ncc(CN2CC[C@H](NC(=O)c3cn[nH]c3C)[C@@H](C)C2)s1. The van der Waals surface area contributed by atoms with Crippen molar-refractivity contribution in [2.75, 3.05) is 13.1 Å². The Morgan fingerprint density at radius 1 is 1.48 bits per heavy atom. The highest BCUT2D eigenvalue weighted by Crippen LogP contribution is 2.21. The number of likely N-dealkylation sites (tertiary alicyclic amines) is 1. The van der Waals surface area contributed by atoms with E-state index in [2.05, 4.69) is 32.3 Å². The van der Waals surface area contributed by atoms with E-state index in [-0.39, 0.29) is 11.9 Å². The van der Waals surface area contributed by atoms with Gasteiger partial charge in [0.1, 0.15) is 0 Å². The largest absolute Gasteiger partial charge is 0.349 e. The zero-order valence-corrected chi connectivity index (χ0v) is 14.6. The number of hydrogen-bond acceptors (Lipinski definition) is 5. The van der Waals surface area contributed by atoms with Gasteiger partial charge in [0, 0.05) is 42.4 Å². The number of piperidine rings is 1. The summed E-state index contributed by atoms with van der Waals surface area (Å²) in [5.74, 6) is 0.397. The van der Waals surface area contributed by atoms with Crippen LogP contribution in [0.2, 0.25) is 0 Å². The van der Waals surface area contributed by atoms with Gasteiger partial charge in [-0.05, 0) is 26.2 Å². The zero-order valence-electron chi connectivity index (χ0n) is 13.8. The van der Waals surface area contributed by atoms with Crippen molar-refractivity contribution in [3.63, 3.8) is 0 Å². The predicted molar refractivity (Wildman–Crippen MR) is 90.5 cm³/mol. The second-order valence-electron chi connectivity index (χ2n) is 6.34. The number of rotatable bonds is 4. The highest BCUT2D eigenvalue weighted by atomic mass is 32.1. The van der Waals surface area contributed by atoms with Crippen LogP contribution >= 0.6 is 11.3 Å². The van der Waals surface area contributed by atoms with Crippen molar-refractivity contribution in [2.24, 2.45) is 5.92 Å². The molecule has 3 heterocycles. The third-order valence-electron chi connectivity index (χ3n) is 4.43. The Hall–Kier alpha value is -1.73. The second-order valence-corrected chi connectivity index (χ2v) is 7.65. The first kappa shape index (κ1) is 16.1. The van der Waals surface area contributed by atoms with E-state index < -0.39 is 0 Å². The molecule has 0 saturated carbocycles. The van der Waals surface area contributed by atoms with Crippen LogP contribution in [0.15, 0.2) is 12.4 Å². The van der Waals surface area contributed by atoms with Crippen molar-refractivity contribution in [1.82, 2.24) is 25.4 Å². The number of hydrogen-bond donors (Lipinski definition) is 2. The fraction of sp³-hybridized carbons (Fsp3) is 0.562. The molecule has 2 aromatic rings. The molecule has 1 fully saturated rings. The molecule has 23 heavy (non-hydrogen) atoms. The van der Waals surface area contributed by atoms with Gasteiger partial charge in [0.2, 0.25) is 0 Å². The first-order chi connectivity index (χ1) is 11.0. The van der Waals surface area contributed by atoms with Gasteiger partial charge in [-0.15, -0.1) is 11.3 Å². The molecule has 2 N–H and O–H groups in total. The molecule has 0 spiro atoms. The molecule has 124 valence electrons. The molecule has 7 heteroatoms. The van der Waals surface area contributed by atoms with Crippen molar-refractivity contribution < 1.29 is 4.79 Å². The minimum atomic E-state index is -0.0281. The highest BCUT2D eigenvalue weighted by Gasteiger charge is 2.28. The van der Waals surface area contributed by atoms with E-state index in [1.165, 1.54) is 4.88 Å². The number of carbonyl (C=O) groups excluding carboxylic acids is 1. The van der Waals surface area contributed by atoms with Gasteiger partial charge in [0.25, 0.3) is 5.91 Å². The summed E-state index contributed by atoms with van der Waals surface area (Å²) in [7, 11) is 0. The number of aromatic amines is 1. The lowest BCUT2D eigenvalue weighted by Crippen LogP contribution is -2.49. The highest BCUT2D eigenvalue weighted by molar-refractivity contribution is 7.11. The van der Waals surface area contributed by atoms with Crippen molar-refractivity contribution in [3.8, 4) is 0 Å². The number of aromatic nitrogens is 3. The number of amides is 1. The molecule has 3 rings (SSSR count). The monoisotopic (exact) mass is 333 g/mol. The van der Waals surface area contributed by atoms with Gasteiger partial charge >= 0.3 is 0 Å². The summed E-state index contributed by atoms with van der Waals surface area (Å²) in [6, 6.07) is 0.219. The predicted octanol–water partition coefficient (Wildman–Crippen LogP) is 2.12. The average molecular weight is 333 g/mol. The van der Waals surface area contributed by atoms with Crippen molar-refractivity contribution >= 4 is 17.2 Å². The van der Waals surface area contributed by atoms with E-state index in [1.807, 2.05) is 20.0 Å². The second kappa shape index (κ2) is 6.80. The van der Waals surface area contributed by atoms with Gasteiger partial charge in [0.15, 0.2) is 0 Å². The molecule has 0 aliphatic carbocycles. The van der Waals surface area contributed by atoms with E-state index in [9.17, 15) is 4.79 Å². The van der Waals surface area contributed by atoms with Crippen LogP contribution in [-0.4, -0.2) is 45.1 Å². The standard InChI is InChI=1S/C16H23N5OS/c1-10-8-21(9-13-6-17-12(3)23-13)5-4-15(10)19-16(22)14-7-18-20-11(14)2/h6-7,10,15H,4-5,8-9H2,1-3H3,(H,18,20)(H,19,22)/t10-,15-/m0/s1. The van der Waals surface area contributed by atoms with E-state index >= 15 is 0 Å². The Morgan fingerprint density at radius 2 is 2.30 bits per heavy atom. The lowest BCUT2D eigenvalue weighted by atomic mass is 9.93. The molecule has 0 radical (unpaired) electrons. The Morgan fingerprint density at radius 3 is 2.91 bits per heavy atom. The van der Waals surface area contributed by atoms with Crippen LogP contribution in [0.5, 0.6) is 0 Å². The normalized spacial score (nSPS) is 22.2. The van der Waals surface area contributed by atoms with Gasteiger partial charge in [0.05, 0.1) is 16.8 Å². The first-order valence-corrected chi connectivity index (χ1v) is 8.79. The Bertz CT molecular complexity index is 680. The number of thiazole rings is 1. The fourth-order valence-electron chi connectivity index (χ4n) is 3.11. The van der Waals surface area contributed by atoms with Gasteiger partial charge in [-0.3, -0.25) is 14.8 Å². The van der Waals surface area contributed by atoms with Crippen molar-refractivity contribution in [1.29, 1.82) is 0 Å². The maximum Gasteiger partial charge on any atom is 0.254 e. The molecule has 1 saturated heterocycles. The van der Waals surface area contributed by atoms with Crippen LogP contribution < -0.4 is 5.32 Å². The first-order valence-electron chi connectivity index (χ1n) is 7.97. The molecule has 6 nitrogen and oxygen atoms in total. The number of nitrogens with one attached hydrogen (secondary N) is 2. The van der Waals surface area contributed by atoms with Crippen LogP contribution in [0.25, 0.3) is 0 Å². The fourth-order valence-corrected chi connectivity index (χ4v) is 3.95. The Balaban J connectivity index is 1.54. The van der Waals surface area contributed by atoms with Crippen LogP contribution in [0.4, 0.5) is 0 Å². The summed E-state index contributed by atoms with van der Waals surface area (Å²) >= 11 is 1.76. The van der Waals surface area contributed by atoms with Gasteiger partial charge < -0.3 is 5.32 Å². The van der Waals surface area contributed by atoms with E-state index in [0.29, 0.717) is 11.5 Å². The lowest BCUT2D eigenvalue weighted by Gasteiger charge is -2.37. The quantitative estimate of drug-likeness (QED) is 0.899. The summed E-state index contributed by atoms with van der Waals surface area (Å²) in [5.41, 5.74) is 1.45. The van der Waals surface area contributed by atoms with Crippen LogP contribution in [0.1, 0.15) is 39.3 Å². The lowest BCUT2D eigenvalue weighted by molar-refractivity contribution is 0.0861. The molecule has 2 aromatic heterocycles. The van der Waals surface area contributed by atoms with Gasteiger partial charge in [-0.2, -0.15) is 5.10 Å². The number of nitrogens with zero attached hydrogens (tertiary/aromatic N) is 3. The van der Waals surface area contributed by atoms with Crippen LogP contribution in [-0.2, 0) is 6.54 Å². The minimum Gasteiger partial charge on any atom is -0.349 e. The van der Waals surface area contributed by atoms with E-state index in [4.69, 9.17) is 0 Å². The molecular formula is C16H23N5OS. The molecule has 1 aliphatic rings. The summed E-state index contributed by atoms with van der Waals surface area (Å²) in [4.78, 5) is 20.4. The van der Waals surface area contributed by atoms with Crippen LogP contribution in [0, 0.1) is 19.8 Å². The molecular weight excluding hydrogens is 310 g/mol. The van der Waals surface area contributed by atoms with E-state index in [0.717, 1.165) is 36.8 Å². The Labute approximate surface area is 140 Å². The van der Waals surface area contributed by atoms with E-state index in [1.54, 1.807) is 17.5 Å². The summed E-state index contributed by atoms with van der Waals surface area (Å²) in [6.07, 6.45) is 4.54. The third kappa shape index (κ3) is 3.79. The summed E-state index contributed by atoms with van der Waals surface area (Å²) < 4.78 is 0. The number of carbonyl (C=O) groups is 1. The smallest absolute Gasteiger partial charge is 0.254 e. The summed E-state index contributed by atoms with van der Waals surface area (Å²) in [5, 5.41) is 11.0. The van der Waals surface area contributed by atoms with Crippen molar-refractivity contribution in [2.45, 2.75) is 39.8 Å². The molecule has 2 atom stereocenters. The molecule has 0 aromatic carbocycles. The topological polar surface area (TPSA) is 73.9 Å². The zero-order chi connectivity index (χ0) is 16.4. The van der Waals surface area contributed by atoms with Crippen LogP contribution in [0.3, 0.4) is 0 Å². The molecule has 0 unspecified atom stereocenters. The average Bonchev–Trinajstić information content (AvgIpc) is 3.10. The van der Waals surface area contributed by atoms with Gasteiger partial charge in [-0.25, -0.2) is 4.98 Å². The number of H-pyrrole nitrogens is 1. The maximum absolute atomic E-state index is 12.3. The molecule has 1 aliphatic heterocycles. The Kier molecular flexibility index (Phi) is 4.77. The third-order valence-corrected chi connectivity index (χ3v) is 5.33. The molecule has 1 amide bonds. The maximum atomic E-state index is 12.3. The summed E-state index contributed by atoms with van der Waals surface area (Å²) in [6.45, 7) is 9.05. The molecule has 0 bridgehead atoms. The van der Waals surface area contributed by atoms with Crippen molar-refractivity contribution in [3.05, 3.63) is 33.5 Å². The minimum absolute atomic E-state index is 0.0281. The van der Waals surface area contributed by atoms with Gasteiger partial charge in [-0.1, -0.05) is 6.92 Å². The number of aryl methyl sites for hydroxylation is 2.